The van der Waals surface area contributed by atoms with E-state index in [1.165, 1.54) is 6.21 Å². The molecule has 0 bridgehead atoms. The van der Waals surface area contributed by atoms with E-state index in [0.717, 1.165) is 5.56 Å². The molecule has 2 aromatic rings. The lowest BCUT2D eigenvalue weighted by atomic mass is 10.1. The number of fused-ring (bicyclic) bond motifs is 1. The van der Waals surface area contributed by atoms with Crippen LogP contribution in [0.15, 0.2) is 23.3 Å². The number of carboxylic acids is 1. The number of hydrogen-bond donors (Lipinski definition) is 3. The molecule has 0 saturated heterocycles. The van der Waals surface area contributed by atoms with E-state index in [9.17, 15) is 4.79 Å². The van der Waals surface area contributed by atoms with E-state index in [4.69, 9.17) is 10.9 Å². The Kier molecular flexibility index (Phi) is 2.09. The molecule has 0 atom stereocenters. The van der Waals surface area contributed by atoms with Gasteiger partial charge in [0.05, 0.1) is 11.7 Å². The zero-order valence-corrected chi connectivity index (χ0v) is 7.64. The summed E-state index contributed by atoms with van der Waals surface area (Å²) in [6.07, 6.45) is 1.47. The van der Waals surface area contributed by atoms with Gasteiger partial charge in [-0.15, -0.1) is 0 Å². The minimum Gasteiger partial charge on any atom is -0.476 e. The summed E-state index contributed by atoms with van der Waals surface area (Å²) < 4.78 is 0. The molecule has 76 valence electrons. The van der Waals surface area contributed by atoms with Crippen LogP contribution < -0.4 is 5.84 Å². The number of aromatic nitrogens is 2. The zero-order chi connectivity index (χ0) is 10.8. The summed E-state index contributed by atoms with van der Waals surface area (Å²) in [5, 5.41) is 19.1. The van der Waals surface area contributed by atoms with Gasteiger partial charge in [0.2, 0.25) is 0 Å². The van der Waals surface area contributed by atoms with E-state index in [0.29, 0.717) is 10.9 Å². The number of benzene rings is 1. The van der Waals surface area contributed by atoms with Gasteiger partial charge in [-0.1, -0.05) is 6.07 Å². The van der Waals surface area contributed by atoms with Crippen LogP contribution in [-0.2, 0) is 0 Å². The number of H-pyrrole nitrogens is 1. The molecule has 0 unspecified atom stereocenters. The van der Waals surface area contributed by atoms with Gasteiger partial charge in [0.25, 0.3) is 0 Å². The van der Waals surface area contributed by atoms with Gasteiger partial charge in [0.15, 0.2) is 5.69 Å². The number of nitrogens with zero attached hydrogens (tertiary/aromatic N) is 2. The molecule has 4 N–H and O–H groups in total. The van der Waals surface area contributed by atoms with Gasteiger partial charge in [-0.25, -0.2) is 4.79 Å². The zero-order valence-electron chi connectivity index (χ0n) is 7.64. The summed E-state index contributed by atoms with van der Waals surface area (Å²) in [6, 6.07) is 5.12. The number of hydrazone groups is 1. The molecule has 1 aromatic carbocycles. The third-order valence-corrected chi connectivity index (χ3v) is 2.01. The molecule has 6 nitrogen and oxygen atoms in total. The fraction of sp³-hybridized carbons (Fsp3) is 0. The second-order valence-electron chi connectivity index (χ2n) is 2.96. The van der Waals surface area contributed by atoms with Crippen molar-refractivity contribution in [2.24, 2.45) is 10.9 Å². The highest BCUT2D eigenvalue weighted by atomic mass is 16.4. The molecular formula is C9H8N4O2. The highest BCUT2D eigenvalue weighted by Crippen LogP contribution is 2.16. The van der Waals surface area contributed by atoms with E-state index in [2.05, 4.69) is 15.3 Å². The largest absolute Gasteiger partial charge is 0.476 e. The van der Waals surface area contributed by atoms with E-state index >= 15 is 0 Å². The van der Waals surface area contributed by atoms with Gasteiger partial charge in [-0.05, 0) is 17.7 Å². The number of nitrogens with two attached hydrogens (primary N) is 1. The molecule has 0 spiro atoms. The van der Waals surface area contributed by atoms with Crippen LogP contribution in [0.25, 0.3) is 10.9 Å². The Bertz CT molecular complexity index is 544. The molecule has 6 heteroatoms. The molecule has 0 aliphatic carbocycles. The summed E-state index contributed by atoms with van der Waals surface area (Å²) in [5.41, 5.74) is 1.44. The first-order chi connectivity index (χ1) is 7.22. The van der Waals surface area contributed by atoms with Crippen LogP contribution in [0.2, 0.25) is 0 Å². The molecule has 0 aliphatic heterocycles. The number of carboxylic acid groups (broad SMARTS) is 1. The fourth-order valence-electron chi connectivity index (χ4n) is 1.37. The van der Waals surface area contributed by atoms with Crippen molar-refractivity contribution in [3.8, 4) is 0 Å². The van der Waals surface area contributed by atoms with Crippen LogP contribution in [0, 0.1) is 0 Å². The monoisotopic (exact) mass is 204 g/mol. The number of aromatic amines is 1. The van der Waals surface area contributed by atoms with Crippen LogP contribution >= 0.6 is 0 Å². The van der Waals surface area contributed by atoms with Crippen molar-refractivity contribution < 1.29 is 9.90 Å². The van der Waals surface area contributed by atoms with Gasteiger partial charge >= 0.3 is 5.97 Å². The normalized spacial score (nSPS) is 11.2. The molecule has 0 aliphatic rings. The molecule has 0 radical (unpaired) electrons. The third kappa shape index (κ3) is 1.52. The summed E-state index contributed by atoms with van der Waals surface area (Å²) in [4.78, 5) is 10.8. The Morgan fingerprint density at radius 1 is 1.60 bits per heavy atom. The molecule has 15 heavy (non-hydrogen) atoms. The van der Waals surface area contributed by atoms with E-state index < -0.39 is 5.97 Å². The predicted octanol–water partition coefficient (Wildman–Crippen LogP) is 0.554. The van der Waals surface area contributed by atoms with Gasteiger partial charge in [0, 0.05) is 5.39 Å². The Morgan fingerprint density at radius 3 is 3.07 bits per heavy atom. The van der Waals surface area contributed by atoms with E-state index in [-0.39, 0.29) is 5.69 Å². The average Bonchev–Trinajstić information content (AvgIpc) is 2.61. The Labute approximate surface area is 84.4 Å². The summed E-state index contributed by atoms with van der Waals surface area (Å²) >= 11 is 0. The summed E-state index contributed by atoms with van der Waals surface area (Å²) in [6.45, 7) is 0. The van der Waals surface area contributed by atoms with E-state index in [1.807, 2.05) is 0 Å². The van der Waals surface area contributed by atoms with Crippen molar-refractivity contribution in [3.05, 3.63) is 29.5 Å². The molecule has 0 saturated carbocycles. The molecule has 1 heterocycles. The quantitative estimate of drug-likeness (QED) is 0.377. The van der Waals surface area contributed by atoms with Crippen LogP contribution in [-0.4, -0.2) is 27.5 Å². The van der Waals surface area contributed by atoms with Gasteiger partial charge < -0.3 is 10.9 Å². The Morgan fingerprint density at radius 2 is 2.40 bits per heavy atom. The number of rotatable bonds is 2. The second-order valence-corrected chi connectivity index (χ2v) is 2.96. The van der Waals surface area contributed by atoms with Crippen molar-refractivity contribution in [2.75, 3.05) is 0 Å². The first-order valence-corrected chi connectivity index (χ1v) is 4.17. The van der Waals surface area contributed by atoms with Crippen molar-refractivity contribution in [1.82, 2.24) is 10.2 Å². The second kappa shape index (κ2) is 3.41. The molecule has 0 fully saturated rings. The summed E-state index contributed by atoms with van der Waals surface area (Å²) in [5.74, 6) is 3.95. The van der Waals surface area contributed by atoms with Crippen LogP contribution in [0.3, 0.4) is 0 Å². The van der Waals surface area contributed by atoms with Crippen LogP contribution in [0.5, 0.6) is 0 Å². The standard InChI is InChI=1S/C9H8N4O2/c10-11-4-5-1-2-6-7(3-5)12-13-8(6)9(14)15/h1-4H,10H2,(H,12,13)(H,14,15)/b11-4+. The number of aromatic carboxylic acids is 1. The first-order valence-electron chi connectivity index (χ1n) is 4.17. The minimum absolute atomic E-state index is 0.0150. The van der Waals surface area contributed by atoms with Crippen LogP contribution in [0.4, 0.5) is 0 Å². The van der Waals surface area contributed by atoms with Crippen molar-refractivity contribution in [1.29, 1.82) is 0 Å². The maximum atomic E-state index is 10.8. The maximum absolute atomic E-state index is 10.8. The molecule has 2 rings (SSSR count). The van der Waals surface area contributed by atoms with Gasteiger partial charge in [-0.3, -0.25) is 5.10 Å². The van der Waals surface area contributed by atoms with Crippen molar-refractivity contribution >= 4 is 23.1 Å². The average molecular weight is 204 g/mol. The first kappa shape index (κ1) is 9.20. The number of nitrogens with one attached hydrogen (secondary N) is 1. The van der Waals surface area contributed by atoms with Gasteiger partial charge in [0.1, 0.15) is 0 Å². The highest BCUT2D eigenvalue weighted by molar-refractivity contribution is 6.02. The third-order valence-electron chi connectivity index (χ3n) is 2.01. The fourth-order valence-corrected chi connectivity index (χ4v) is 1.37. The summed E-state index contributed by atoms with van der Waals surface area (Å²) in [7, 11) is 0. The molecule has 1 aromatic heterocycles. The molecular weight excluding hydrogens is 196 g/mol. The Balaban J connectivity index is 2.61. The van der Waals surface area contributed by atoms with E-state index in [1.54, 1.807) is 18.2 Å². The van der Waals surface area contributed by atoms with Crippen molar-refractivity contribution in [3.63, 3.8) is 0 Å². The SMILES string of the molecule is N/N=C/c1ccc2c(C(=O)O)n[nH]c2c1. The van der Waals surface area contributed by atoms with Crippen LogP contribution in [0.1, 0.15) is 16.1 Å². The Hall–Kier alpha value is -2.37. The number of carbonyl (C=O) groups is 1. The van der Waals surface area contributed by atoms with Gasteiger partial charge in [-0.2, -0.15) is 10.2 Å². The van der Waals surface area contributed by atoms with Crippen molar-refractivity contribution in [2.45, 2.75) is 0 Å². The maximum Gasteiger partial charge on any atom is 0.357 e. The minimum atomic E-state index is -1.05. The number of hydrogen-bond acceptors (Lipinski definition) is 4. The highest BCUT2D eigenvalue weighted by Gasteiger charge is 2.11. The lowest BCUT2D eigenvalue weighted by Crippen LogP contribution is -1.96. The lowest BCUT2D eigenvalue weighted by molar-refractivity contribution is 0.0692. The molecule has 0 amide bonds. The smallest absolute Gasteiger partial charge is 0.357 e. The topological polar surface area (TPSA) is 104 Å². The lowest BCUT2D eigenvalue weighted by Gasteiger charge is -1.93. The predicted molar refractivity (Wildman–Crippen MR) is 54.8 cm³/mol.